The van der Waals surface area contributed by atoms with E-state index in [1.807, 2.05) is 30.3 Å². The van der Waals surface area contributed by atoms with E-state index in [1.54, 1.807) is 4.90 Å². The molecule has 0 aliphatic heterocycles. The average molecular weight is 762 g/mol. The number of para-hydroxylation sites is 1. The number of benzene rings is 1. The molecule has 296 valence electrons. The second-order valence-electron chi connectivity index (χ2n) is 13.8. The van der Waals surface area contributed by atoms with Crippen molar-refractivity contribution in [2.75, 3.05) is 31.2 Å². The summed E-state index contributed by atoms with van der Waals surface area (Å²) in [7, 11) is -9.43. The van der Waals surface area contributed by atoms with E-state index in [-0.39, 0.29) is 39.1 Å². The Balaban J connectivity index is 2.56. The van der Waals surface area contributed by atoms with E-state index in [0.717, 1.165) is 57.1 Å². The third-order valence-electron chi connectivity index (χ3n) is 9.35. The average Bonchev–Trinajstić information content (AvgIpc) is 3.08. The highest BCUT2D eigenvalue weighted by Crippen LogP contribution is 2.45. The molecule has 13 heteroatoms. The lowest BCUT2D eigenvalue weighted by Gasteiger charge is -2.26. The van der Waals surface area contributed by atoms with Gasteiger partial charge >= 0.3 is 27.1 Å². The Hall–Kier alpha value is -1.74. The van der Waals surface area contributed by atoms with Gasteiger partial charge in [-0.25, -0.2) is 0 Å². The first-order valence-electron chi connectivity index (χ1n) is 19.7. The molecule has 0 saturated carbocycles. The molecule has 0 heterocycles. The SMILES string of the molecule is CCCCCCCCCCCCC(C(=O)OCCN(CCOC(=O)C(CCCCCCCCCCCC)P(=O)(O)O)c1ccccc1)P(=O)(O)O. The van der Waals surface area contributed by atoms with Gasteiger partial charge < -0.3 is 33.9 Å². The maximum atomic E-state index is 12.8. The Kier molecular flexibility index (Phi) is 26.6. The zero-order valence-electron chi connectivity index (χ0n) is 31.5. The van der Waals surface area contributed by atoms with Crippen molar-refractivity contribution in [3.63, 3.8) is 0 Å². The molecule has 0 aromatic heterocycles. The topological polar surface area (TPSA) is 171 Å². The number of anilines is 1. The Bertz CT molecular complexity index is 1060. The molecule has 0 aliphatic carbocycles. The van der Waals surface area contributed by atoms with Gasteiger partial charge in [-0.05, 0) is 25.0 Å². The van der Waals surface area contributed by atoms with Crippen LogP contribution in [0.2, 0.25) is 0 Å². The number of unbranched alkanes of at least 4 members (excludes halogenated alkanes) is 18. The van der Waals surface area contributed by atoms with Gasteiger partial charge in [0.2, 0.25) is 0 Å². The Labute approximate surface area is 308 Å². The summed E-state index contributed by atoms with van der Waals surface area (Å²) in [5.74, 6) is -1.87. The highest BCUT2D eigenvalue weighted by molar-refractivity contribution is 7.54. The fourth-order valence-corrected chi connectivity index (χ4v) is 7.95. The molecule has 2 atom stereocenters. The van der Waals surface area contributed by atoms with Gasteiger partial charge in [0.05, 0.1) is 13.1 Å². The Morgan fingerprint density at radius 3 is 1.18 bits per heavy atom. The summed E-state index contributed by atoms with van der Waals surface area (Å²) in [5, 5.41) is 0. The quantitative estimate of drug-likeness (QED) is 0.0306. The molecule has 1 aromatic rings. The fraction of sp³-hybridized carbons (Fsp3) is 0.789. The van der Waals surface area contributed by atoms with Gasteiger partial charge in [0.1, 0.15) is 13.2 Å². The smallest absolute Gasteiger partial charge is 0.339 e. The summed E-state index contributed by atoms with van der Waals surface area (Å²) >= 11 is 0. The van der Waals surface area contributed by atoms with Crippen molar-refractivity contribution in [1.82, 2.24) is 0 Å². The molecule has 1 rings (SSSR count). The predicted octanol–water partition coefficient (Wildman–Crippen LogP) is 9.29. The van der Waals surface area contributed by atoms with Gasteiger partial charge in [0.25, 0.3) is 0 Å². The number of hydrogen-bond acceptors (Lipinski definition) is 7. The first-order chi connectivity index (χ1) is 24.4. The lowest BCUT2D eigenvalue weighted by atomic mass is 10.1. The zero-order valence-corrected chi connectivity index (χ0v) is 33.3. The van der Waals surface area contributed by atoms with Crippen LogP contribution in [0.25, 0.3) is 0 Å². The second-order valence-corrected chi connectivity index (χ2v) is 17.4. The molecule has 0 spiro atoms. The van der Waals surface area contributed by atoms with Crippen LogP contribution in [0.1, 0.15) is 155 Å². The highest BCUT2D eigenvalue weighted by atomic mass is 31.2. The molecule has 0 fully saturated rings. The van der Waals surface area contributed by atoms with E-state index in [9.17, 15) is 38.3 Å². The maximum absolute atomic E-state index is 12.8. The van der Waals surface area contributed by atoms with Crippen LogP contribution >= 0.6 is 15.2 Å². The van der Waals surface area contributed by atoms with E-state index in [1.165, 1.54) is 64.2 Å². The van der Waals surface area contributed by atoms with E-state index in [2.05, 4.69) is 13.8 Å². The third kappa shape index (κ3) is 23.5. The predicted molar refractivity (Wildman–Crippen MR) is 205 cm³/mol. The van der Waals surface area contributed by atoms with Crippen LogP contribution in [0.4, 0.5) is 5.69 Å². The Morgan fingerprint density at radius 2 is 0.863 bits per heavy atom. The Morgan fingerprint density at radius 1 is 0.549 bits per heavy atom. The third-order valence-corrected chi connectivity index (χ3v) is 11.9. The molecular weight excluding hydrogens is 692 g/mol. The van der Waals surface area contributed by atoms with Gasteiger partial charge in [-0.2, -0.15) is 0 Å². The summed E-state index contributed by atoms with van der Waals surface area (Å²) in [6.45, 7) is 4.38. The number of nitrogens with zero attached hydrogens (tertiary/aromatic N) is 1. The first-order valence-corrected chi connectivity index (χ1v) is 23.0. The summed E-state index contributed by atoms with van der Waals surface area (Å²) in [5.41, 5.74) is -2.30. The van der Waals surface area contributed by atoms with Gasteiger partial charge in [-0.1, -0.05) is 160 Å². The van der Waals surface area contributed by atoms with Crippen LogP contribution in [0.15, 0.2) is 30.3 Å². The van der Waals surface area contributed by atoms with Crippen LogP contribution in [-0.2, 0) is 28.2 Å². The molecule has 2 unspecified atom stereocenters. The highest BCUT2D eigenvalue weighted by Gasteiger charge is 2.37. The first kappa shape index (κ1) is 47.3. The molecule has 1 aromatic carbocycles. The summed E-state index contributed by atoms with van der Waals surface area (Å²) in [6.07, 6.45) is 21.5. The molecule has 11 nitrogen and oxygen atoms in total. The lowest BCUT2D eigenvalue weighted by molar-refractivity contribution is -0.143. The minimum Gasteiger partial charge on any atom is -0.463 e. The van der Waals surface area contributed by atoms with E-state index < -0.39 is 38.4 Å². The molecular formula is C38H69NO10P2. The van der Waals surface area contributed by atoms with Gasteiger partial charge in [-0.15, -0.1) is 0 Å². The van der Waals surface area contributed by atoms with E-state index >= 15 is 0 Å². The largest absolute Gasteiger partial charge is 0.463 e. The van der Waals surface area contributed by atoms with Crippen LogP contribution < -0.4 is 4.90 Å². The van der Waals surface area contributed by atoms with Gasteiger partial charge in [0.15, 0.2) is 11.3 Å². The number of esters is 2. The van der Waals surface area contributed by atoms with Crippen molar-refractivity contribution in [2.45, 2.75) is 166 Å². The monoisotopic (exact) mass is 761 g/mol. The zero-order chi connectivity index (χ0) is 37.8. The maximum Gasteiger partial charge on any atom is 0.339 e. The number of ether oxygens (including phenoxy) is 2. The molecule has 51 heavy (non-hydrogen) atoms. The van der Waals surface area contributed by atoms with Crippen molar-refractivity contribution in [1.29, 1.82) is 0 Å². The van der Waals surface area contributed by atoms with Crippen LogP contribution in [0, 0.1) is 0 Å². The fourth-order valence-electron chi connectivity index (χ4n) is 6.21. The molecule has 0 radical (unpaired) electrons. The molecule has 0 saturated heterocycles. The minimum absolute atomic E-state index is 0.0534. The lowest BCUT2D eigenvalue weighted by Crippen LogP contribution is -2.34. The summed E-state index contributed by atoms with van der Waals surface area (Å²) in [4.78, 5) is 66.9. The molecule has 0 bridgehead atoms. The number of carbonyl (C=O) groups is 2. The molecule has 0 amide bonds. The van der Waals surface area contributed by atoms with Crippen molar-refractivity contribution in [3.05, 3.63) is 30.3 Å². The second kappa shape index (κ2) is 28.7. The minimum atomic E-state index is -4.71. The van der Waals surface area contributed by atoms with E-state index in [0.29, 0.717) is 12.8 Å². The number of carbonyl (C=O) groups excluding carboxylic acids is 2. The van der Waals surface area contributed by atoms with E-state index in [4.69, 9.17) is 9.47 Å². The van der Waals surface area contributed by atoms with Crippen LogP contribution in [-0.4, -0.2) is 69.1 Å². The normalized spacial score (nSPS) is 13.1. The van der Waals surface area contributed by atoms with Crippen LogP contribution in [0.3, 0.4) is 0 Å². The number of hydrogen-bond donors (Lipinski definition) is 4. The van der Waals surface area contributed by atoms with Crippen molar-refractivity contribution in [2.24, 2.45) is 0 Å². The van der Waals surface area contributed by atoms with Crippen molar-refractivity contribution < 1.29 is 47.8 Å². The van der Waals surface area contributed by atoms with Gasteiger partial charge in [0, 0.05) is 5.69 Å². The molecule has 0 aliphatic rings. The van der Waals surface area contributed by atoms with Crippen molar-refractivity contribution in [3.8, 4) is 0 Å². The van der Waals surface area contributed by atoms with Crippen LogP contribution in [0.5, 0.6) is 0 Å². The van der Waals surface area contributed by atoms with Gasteiger partial charge in [-0.3, -0.25) is 18.7 Å². The number of rotatable bonds is 33. The van der Waals surface area contributed by atoms with Crippen molar-refractivity contribution >= 4 is 32.8 Å². The summed E-state index contributed by atoms with van der Waals surface area (Å²) in [6, 6.07) is 9.09. The standard InChI is InChI=1S/C38H69NO10P2/c1-3-5-7-9-11-13-15-17-19-24-28-35(50(42,43)44)37(40)48-32-30-39(34-26-22-21-23-27-34)31-33-49-38(41)36(51(45,46)47)29-25-20-18-16-14-12-10-8-6-4-2/h21-23,26-27,35-36H,3-20,24-25,28-33H2,1-2H3,(H2,42,43,44)(H2,45,46,47). The molecule has 4 N–H and O–H groups in total. The summed E-state index contributed by atoms with van der Waals surface area (Å²) < 4.78 is 35.0.